The predicted octanol–water partition coefficient (Wildman–Crippen LogP) is 4.47. The van der Waals surface area contributed by atoms with Gasteiger partial charge in [-0.05, 0) is 28.5 Å². The predicted molar refractivity (Wildman–Crippen MR) is 92.6 cm³/mol. The average molecular weight is 328 g/mol. The minimum Gasteiger partial charge on any atom is -0.366 e. The molecule has 3 N–H and O–H groups in total. The van der Waals surface area contributed by atoms with Crippen molar-refractivity contribution in [1.29, 1.82) is 0 Å². The van der Waals surface area contributed by atoms with Crippen molar-refractivity contribution in [2.45, 2.75) is 6.17 Å². The molecule has 6 heteroatoms. The van der Waals surface area contributed by atoms with Crippen LogP contribution in [0.2, 0.25) is 5.02 Å². The van der Waals surface area contributed by atoms with Crippen LogP contribution in [-0.2, 0) is 0 Å². The number of hydrogen-bond acceptors (Lipinski definition) is 4. The van der Waals surface area contributed by atoms with Gasteiger partial charge in [0.2, 0.25) is 0 Å². The van der Waals surface area contributed by atoms with Gasteiger partial charge in [0.25, 0.3) is 5.69 Å². The molecule has 0 amide bonds. The second-order valence-corrected chi connectivity index (χ2v) is 5.52. The van der Waals surface area contributed by atoms with E-state index in [1.165, 1.54) is 12.1 Å². The SMILES string of the molecule is NC(Nc1ccc(Cl)c([N+](=O)[O-])c1)c1cccc2ccccc12. The molecule has 1 atom stereocenters. The van der Waals surface area contributed by atoms with E-state index in [-0.39, 0.29) is 10.7 Å². The number of nitro benzene ring substituents is 1. The molecule has 0 saturated carbocycles. The van der Waals surface area contributed by atoms with E-state index in [2.05, 4.69) is 5.32 Å². The van der Waals surface area contributed by atoms with Gasteiger partial charge in [-0.2, -0.15) is 0 Å². The first-order chi connectivity index (χ1) is 11.1. The van der Waals surface area contributed by atoms with Gasteiger partial charge in [-0.3, -0.25) is 10.1 Å². The van der Waals surface area contributed by atoms with Gasteiger partial charge < -0.3 is 11.1 Å². The van der Waals surface area contributed by atoms with Crippen molar-refractivity contribution in [2.75, 3.05) is 5.32 Å². The number of nitro groups is 1. The molecule has 3 aromatic rings. The molecule has 0 bridgehead atoms. The Labute approximate surface area is 137 Å². The van der Waals surface area contributed by atoms with Crippen molar-refractivity contribution in [3.63, 3.8) is 0 Å². The van der Waals surface area contributed by atoms with E-state index in [1.54, 1.807) is 6.07 Å². The molecule has 0 aliphatic rings. The van der Waals surface area contributed by atoms with Crippen LogP contribution in [0.5, 0.6) is 0 Å². The summed E-state index contributed by atoms with van der Waals surface area (Å²) in [6.45, 7) is 0. The Hall–Kier alpha value is -2.63. The number of anilines is 1. The summed E-state index contributed by atoms with van der Waals surface area (Å²) in [6, 6.07) is 18.3. The van der Waals surface area contributed by atoms with Crippen molar-refractivity contribution < 1.29 is 4.92 Å². The fourth-order valence-corrected chi connectivity index (χ4v) is 2.71. The molecule has 0 spiro atoms. The van der Waals surface area contributed by atoms with Crippen LogP contribution in [0, 0.1) is 10.1 Å². The highest BCUT2D eigenvalue weighted by Gasteiger charge is 2.15. The van der Waals surface area contributed by atoms with Crippen molar-refractivity contribution in [1.82, 2.24) is 0 Å². The zero-order chi connectivity index (χ0) is 16.4. The topological polar surface area (TPSA) is 81.2 Å². The number of benzene rings is 3. The molecular weight excluding hydrogens is 314 g/mol. The monoisotopic (exact) mass is 327 g/mol. The van der Waals surface area contributed by atoms with E-state index >= 15 is 0 Å². The Morgan fingerprint density at radius 2 is 1.83 bits per heavy atom. The van der Waals surface area contributed by atoms with Crippen LogP contribution in [0.25, 0.3) is 10.8 Å². The van der Waals surface area contributed by atoms with Gasteiger partial charge >= 0.3 is 0 Å². The summed E-state index contributed by atoms with van der Waals surface area (Å²) in [5, 5.41) is 16.3. The summed E-state index contributed by atoms with van der Waals surface area (Å²) in [7, 11) is 0. The third-order valence-corrected chi connectivity index (χ3v) is 3.94. The summed E-state index contributed by atoms with van der Waals surface area (Å²) in [6.07, 6.45) is -0.498. The Balaban J connectivity index is 1.93. The van der Waals surface area contributed by atoms with Crippen LogP contribution in [0.3, 0.4) is 0 Å². The van der Waals surface area contributed by atoms with Crippen LogP contribution < -0.4 is 11.1 Å². The second-order valence-electron chi connectivity index (χ2n) is 5.11. The maximum atomic E-state index is 11.0. The maximum Gasteiger partial charge on any atom is 0.289 e. The molecule has 0 fully saturated rings. The van der Waals surface area contributed by atoms with Crippen molar-refractivity contribution in [3.8, 4) is 0 Å². The molecule has 0 heterocycles. The van der Waals surface area contributed by atoms with E-state index in [0.717, 1.165) is 16.3 Å². The van der Waals surface area contributed by atoms with E-state index in [4.69, 9.17) is 17.3 Å². The molecule has 0 aliphatic heterocycles. The average Bonchev–Trinajstić information content (AvgIpc) is 2.55. The molecule has 0 aliphatic carbocycles. The summed E-state index contributed by atoms with van der Waals surface area (Å²) in [5.74, 6) is 0. The van der Waals surface area contributed by atoms with E-state index < -0.39 is 11.1 Å². The largest absolute Gasteiger partial charge is 0.366 e. The fraction of sp³-hybridized carbons (Fsp3) is 0.0588. The lowest BCUT2D eigenvalue weighted by atomic mass is 10.0. The zero-order valence-electron chi connectivity index (χ0n) is 12.1. The Bertz CT molecular complexity index is 877. The summed E-state index contributed by atoms with van der Waals surface area (Å²) >= 11 is 5.82. The van der Waals surface area contributed by atoms with Crippen molar-refractivity contribution in [3.05, 3.63) is 81.4 Å². The van der Waals surface area contributed by atoms with Gasteiger partial charge in [0, 0.05) is 11.8 Å². The summed E-state index contributed by atoms with van der Waals surface area (Å²) < 4.78 is 0. The van der Waals surface area contributed by atoms with Gasteiger partial charge in [0.15, 0.2) is 0 Å². The van der Waals surface area contributed by atoms with Crippen LogP contribution in [0.1, 0.15) is 11.7 Å². The van der Waals surface area contributed by atoms with Gasteiger partial charge in [0.1, 0.15) is 11.2 Å². The number of nitrogens with two attached hydrogens (primary N) is 1. The molecule has 3 rings (SSSR count). The lowest BCUT2D eigenvalue weighted by Gasteiger charge is -2.17. The van der Waals surface area contributed by atoms with Crippen LogP contribution in [0.4, 0.5) is 11.4 Å². The lowest BCUT2D eigenvalue weighted by Crippen LogP contribution is -2.20. The Morgan fingerprint density at radius 1 is 1.09 bits per heavy atom. The van der Waals surface area contributed by atoms with Gasteiger partial charge in [-0.15, -0.1) is 0 Å². The summed E-state index contributed by atoms with van der Waals surface area (Å²) in [5.41, 5.74) is 7.55. The number of hydrogen-bond donors (Lipinski definition) is 2. The second kappa shape index (κ2) is 6.24. The lowest BCUT2D eigenvalue weighted by molar-refractivity contribution is -0.384. The first-order valence-electron chi connectivity index (χ1n) is 7.00. The van der Waals surface area contributed by atoms with Gasteiger partial charge in [0.05, 0.1) is 4.92 Å². The smallest absolute Gasteiger partial charge is 0.289 e. The first-order valence-corrected chi connectivity index (χ1v) is 7.38. The van der Waals surface area contributed by atoms with E-state index in [1.807, 2.05) is 42.5 Å². The highest BCUT2D eigenvalue weighted by Crippen LogP contribution is 2.29. The first kappa shape index (κ1) is 15.3. The quantitative estimate of drug-likeness (QED) is 0.421. The minimum absolute atomic E-state index is 0.0966. The molecule has 0 saturated heterocycles. The van der Waals surface area contributed by atoms with E-state index in [0.29, 0.717) is 5.69 Å². The van der Waals surface area contributed by atoms with E-state index in [9.17, 15) is 10.1 Å². The zero-order valence-corrected chi connectivity index (χ0v) is 12.8. The fourth-order valence-electron chi connectivity index (χ4n) is 2.52. The number of fused-ring (bicyclic) bond motifs is 1. The standard InChI is InChI=1S/C17H14ClN3O2/c18-15-9-8-12(10-16(15)21(22)23)20-17(19)14-7-3-5-11-4-1-2-6-13(11)14/h1-10,17,20H,19H2. The molecule has 1 unspecified atom stereocenters. The molecule has 0 aromatic heterocycles. The molecule has 0 radical (unpaired) electrons. The van der Waals surface area contributed by atoms with Crippen LogP contribution in [0.15, 0.2) is 60.7 Å². The highest BCUT2D eigenvalue weighted by atomic mass is 35.5. The molecule has 5 nitrogen and oxygen atoms in total. The number of halogens is 1. The highest BCUT2D eigenvalue weighted by molar-refractivity contribution is 6.32. The third kappa shape index (κ3) is 3.11. The molecular formula is C17H14ClN3O2. The number of nitrogens with one attached hydrogen (secondary N) is 1. The van der Waals surface area contributed by atoms with Gasteiger partial charge in [-0.25, -0.2) is 0 Å². The Kier molecular flexibility index (Phi) is 4.14. The van der Waals surface area contributed by atoms with Gasteiger partial charge in [-0.1, -0.05) is 54.1 Å². The van der Waals surface area contributed by atoms with Crippen LogP contribution >= 0.6 is 11.6 Å². The Morgan fingerprint density at radius 3 is 2.61 bits per heavy atom. The normalized spacial score (nSPS) is 12.1. The molecule has 23 heavy (non-hydrogen) atoms. The molecule has 116 valence electrons. The molecule has 3 aromatic carbocycles. The number of nitrogens with zero attached hydrogens (tertiary/aromatic N) is 1. The van der Waals surface area contributed by atoms with Crippen molar-refractivity contribution in [2.24, 2.45) is 5.73 Å². The third-order valence-electron chi connectivity index (χ3n) is 3.62. The van der Waals surface area contributed by atoms with Crippen LogP contribution in [-0.4, -0.2) is 4.92 Å². The summed E-state index contributed by atoms with van der Waals surface area (Å²) in [4.78, 5) is 10.4. The number of rotatable bonds is 4. The van der Waals surface area contributed by atoms with Crippen molar-refractivity contribution >= 4 is 33.7 Å². The minimum atomic E-state index is -0.517. The maximum absolute atomic E-state index is 11.0.